The second-order valence-corrected chi connectivity index (χ2v) is 5.30. The van der Waals surface area contributed by atoms with E-state index in [0.29, 0.717) is 6.04 Å². The molecule has 0 spiro atoms. The highest BCUT2D eigenvalue weighted by molar-refractivity contribution is 5.10. The van der Waals surface area contributed by atoms with Crippen molar-refractivity contribution in [2.24, 2.45) is 0 Å². The molecule has 0 bridgehead atoms. The molecule has 1 fully saturated rings. The fourth-order valence-electron chi connectivity index (χ4n) is 2.90. The van der Waals surface area contributed by atoms with E-state index >= 15 is 0 Å². The van der Waals surface area contributed by atoms with Crippen LogP contribution in [-0.4, -0.2) is 50.3 Å². The first-order chi connectivity index (χ1) is 8.67. The molecule has 0 aromatic heterocycles. The number of rotatable bonds is 7. The Kier molecular flexibility index (Phi) is 6.62. The van der Waals surface area contributed by atoms with Crippen molar-refractivity contribution in [2.45, 2.75) is 50.6 Å². The maximum absolute atomic E-state index is 9.44. The third kappa shape index (κ3) is 4.24. The molecule has 18 heavy (non-hydrogen) atoms. The van der Waals surface area contributed by atoms with Crippen LogP contribution in [0.5, 0.6) is 0 Å². The van der Waals surface area contributed by atoms with Crippen LogP contribution in [0.4, 0.5) is 0 Å². The minimum atomic E-state index is -0.298. The van der Waals surface area contributed by atoms with E-state index in [9.17, 15) is 5.26 Å². The van der Waals surface area contributed by atoms with Crippen LogP contribution in [0.3, 0.4) is 0 Å². The van der Waals surface area contributed by atoms with E-state index in [1.165, 1.54) is 6.42 Å². The van der Waals surface area contributed by atoms with Crippen molar-refractivity contribution in [3.05, 3.63) is 0 Å². The predicted octanol–water partition coefficient (Wildman–Crippen LogP) is 1.77. The monoisotopic (exact) mass is 253 g/mol. The van der Waals surface area contributed by atoms with Gasteiger partial charge in [0.2, 0.25) is 0 Å². The van der Waals surface area contributed by atoms with Gasteiger partial charge in [0, 0.05) is 26.3 Å². The van der Waals surface area contributed by atoms with Gasteiger partial charge in [0.05, 0.1) is 6.07 Å². The normalized spacial score (nSPS) is 28.3. The minimum absolute atomic E-state index is 0.298. The molecule has 0 heterocycles. The van der Waals surface area contributed by atoms with E-state index in [0.717, 1.165) is 45.4 Å². The molecule has 104 valence electrons. The van der Waals surface area contributed by atoms with Crippen LogP contribution in [0.2, 0.25) is 0 Å². The average Bonchev–Trinajstić information content (AvgIpc) is 2.39. The Morgan fingerprint density at radius 3 is 2.94 bits per heavy atom. The van der Waals surface area contributed by atoms with E-state index in [-0.39, 0.29) is 5.54 Å². The van der Waals surface area contributed by atoms with E-state index in [2.05, 4.69) is 30.3 Å². The van der Waals surface area contributed by atoms with Crippen molar-refractivity contribution in [1.29, 1.82) is 5.26 Å². The first-order valence-electron chi connectivity index (χ1n) is 7.03. The molecule has 4 nitrogen and oxygen atoms in total. The number of hydrogen-bond acceptors (Lipinski definition) is 4. The Hall–Kier alpha value is -0.630. The fraction of sp³-hybridized carbons (Fsp3) is 0.929. The summed E-state index contributed by atoms with van der Waals surface area (Å²) in [5.41, 5.74) is -0.298. The summed E-state index contributed by atoms with van der Waals surface area (Å²) in [4.78, 5) is 2.39. The van der Waals surface area contributed by atoms with Gasteiger partial charge in [-0.2, -0.15) is 5.26 Å². The summed E-state index contributed by atoms with van der Waals surface area (Å²) < 4.78 is 5.09. The highest BCUT2D eigenvalue weighted by atomic mass is 16.5. The Balaban J connectivity index is 2.49. The van der Waals surface area contributed by atoms with Gasteiger partial charge in [0.1, 0.15) is 5.54 Å². The first kappa shape index (κ1) is 15.4. The lowest BCUT2D eigenvalue weighted by Gasteiger charge is -2.40. The zero-order valence-electron chi connectivity index (χ0n) is 12.0. The lowest BCUT2D eigenvalue weighted by atomic mass is 9.79. The number of ether oxygens (including phenoxy) is 1. The standard InChI is InChI=1S/C14H27N3O/c1-4-16-14(12-15)8-5-7-13(11-14)17(2)9-6-10-18-3/h13,16H,4-11H2,1-3H3. The Bertz CT molecular complexity index is 273. The van der Waals surface area contributed by atoms with Crippen LogP contribution in [-0.2, 0) is 4.74 Å². The molecule has 1 aliphatic carbocycles. The summed E-state index contributed by atoms with van der Waals surface area (Å²) in [6, 6.07) is 3.03. The molecular weight excluding hydrogens is 226 g/mol. The lowest BCUT2D eigenvalue weighted by molar-refractivity contribution is 0.126. The van der Waals surface area contributed by atoms with Crippen molar-refractivity contribution in [1.82, 2.24) is 10.2 Å². The zero-order valence-corrected chi connectivity index (χ0v) is 12.0. The first-order valence-corrected chi connectivity index (χ1v) is 7.03. The van der Waals surface area contributed by atoms with Gasteiger partial charge >= 0.3 is 0 Å². The topological polar surface area (TPSA) is 48.3 Å². The van der Waals surface area contributed by atoms with E-state index < -0.39 is 0 Å². The van der Waals surface area contributed by atoms with Gasteiger partial charge in [-0.1, -0.05) is 6.92 Å². The minimum Gasteiger partial charge on any atom is -0.385 e. The van der Waals surface area contributed by atoms with Gasteiger partial charge in [-0.15, -0.1) is 0 Å². The molecule has 0 radical (unpaired) electrons. The van der Waals surface area contributed by atoms with Crippen molar-refractivity contribution < 1.29 is 4.74 Å². The third-order valence-electron chi connectivity index (χ3n) is 3.94. The smallest absolute Gasteiger partial charge is 0.108 e. The van der Waals surface area contributed by atoms with E-state index in [1.54, 1.807) is 7.11 Å². The molecule has 0 saturated heterocycles. The van der Waals surface area contributed by atoms with Crippen LogP contribution in [0.1, 0.15) is 39.0 Å². The molecule has 0 aromatic rings. The molecule has 1 N–H and O–H groups in total. The highest BCUT2D eigenvalue weighted by Gasteiger charge is 2.36. The SMILES string of the molecule is CCNC1(C#N)CCCC(N(C)CCCOC)C1. The summed E-state index contributed by atoms with van der Waals surface area (Å²) in [6.07, 6.45) is 5.34. The summed E-state index contributed by atoms with van der Waals surface area (Å²) in [7, 11) is 3.91. The molecule has 0 aromatic carbocycles. The average molecular weight is 253 g/mol. The van der Waals surface area contributed by atoms with Crippen LogP contribution in [0.25, 0.3) is 0 Å². The van der Waals surface area contributed by atoms with Gasteiger partial charge in [-0.05, 0) is 45.7 Å². The Morgan fingerprint density at radius 2 is 2.33 bits per heavy atom. The second-order valence-electron chi connectivity index (χ2n) is 5.30. The number of nitrogens with zero attached hydrogens (tertiary/aromatic N) is 2. The summed E-state index contributed by atoms with van der Waals surface area (Å²) in [5.74, 6) is 0. The molecule has 4 heteroatoms. The molecule has 2 unspecified atom stereocenters. The Morgan fingerprint density at radius 1 is 1.56 bits per heavy atom. The summed E-state index contributed by atoms with van der Waals surface area (Å²) >= 11 is 0. The van der Waals surface area contributed by atoms with Gasteiger partial charge in [0.25, 0.3) is 0 Å². The maximum atomic E-state index is 9.44. The van der Waals surface area contributed by atoms with E-state index in [4.69, 9.17) is 4.74 Å². The van der Waals surface area contributed by atoms with Crippen molar-refractivity contribution >= 4 is 0 Å². The third-order valence-corrected chi connectivity index (χ3v) is 3.94. The number of hydrogen-bond donors (Lipinski definition) is 1. The number of nitrogens with one attached hydrogen (secondary N) is 1. The van der Waals surface area contributed by atoms with Gasteiger partial charge in [0.15, 0.2) is 0 Å². The lowest BCUT2D eigenvalue weighted by Crippen LogP contribution is -2.52. The van der Waals surface area contributed by atoms with E-state index in [1.807, 2.05) is 0 Å². The molecule has 0 amide bonds. The largest absolute Gasteiger partial charge is 0.385 e. The van der Waals surface area contributed by atoms with Crippen LogP contribution in [0.15, 0.2) is 0 Å². The van der Waals surface area contributed by atoms with Crippen molar-refractivity contribution in [3.63, 3.8) is 0 Å². The van der Waals surface area contributed by atoms with Crippen molar-refractivity contribution in [2.75, 3.05) is 33.9 Å². The van der Waals surface area contributed by atoms with Gasteiger partial charge < -0.3 is 9.64 Å². The number of nitriles is 1. The quantitative estimate of drug-likeness (QED) is 0.703. The second kappa shape index (κ2) is 7.73. The van der Waals surface area contributed by atoms with Gasteiger partial charge in [-0.25, -0.2) is 0 Å². The highest BCUT2D eigenvalue weighted by Crippen LogP contribution is 2.30. The fourth-order valence-corrected chi connectivity index (χ4v) is 2.90. The molecule has 1 rings (SSSR count). The molecule has 0 aliphatic heterocycles. The number of methoxy groups -OCH3 is 1. The zero-order chi connectivity index (χ0) is 13.4. The summed E-state index contributed by atoms with van der Waals surface area (Å²) in [6.45, 7) is 4.80. The van der Waals surface area contributed by atoms with Crippen LogP contribution in [0, 0.1) is 11.3 Å². The summed E-state index contributed by atoms with van der Waals surface area (Å²) in [5, 5.41) is 12.8. The Labute approximate surface area is 111 Å². The van der Waals surface area contributed by atoms with Crippen LogP contribution < -0.4 is 5.32 Å². The molecule has 1 saturated carbocycles. The molecule has 1 aliphatic rings. The van der Waals surface area contributed by atoms with Crippen molar-refractivity contribution in [3.8, 4) is 6.07 Å². The molecular formula is C14H27N3O. The predicted molar refractivity (Wildman–Crippen MR) is 73.4 cm³/mol. The molecule has 2 atom stereocenters. The van der Waals surface area contributed by atoms with Gasteiger partial charge in [-0.3, -0.25) is 5.32 Å². The van der Waals surface area contributed by atoms with Crippen LogP contribution >= 0.6 is 0 Å². The maximum Gasteiger partial charge on any atom is 0.108 e.